The number of hydrogen-bond donors (Lipinski definition) is 2. The molecule has 0 saturated carbocycles. The summed E-state index contributed by atoms with van der Waals surface area (Å²) in [6.45, 7) is 1.09. The number of phenols is 1. The fourth-order valence-electron chi connectivity index (χ4n) is 1.58. The summed E-state index contributed by atoms with van der Waals surface area (Å²) in [4.78, 5) is 0. The van der Waals surface area contributed by atoms with Crippen LogP contribution < -0.4 is 4.72 Å². The van der Waals surface area contributed by atoms with Gasteiger partial charge in [-0.3, -0.25) is 4.72 Å². The van der Waals surface area contributed by atoms with Crippen LogP contribution in [0.2, 0.25) is 0 Å². The predicted octanol–water partition coefficient (Wildman–Crippen LogP) is 0.520. The zero-order chi connectivity index (χ0) is 13.2. The van der Waals surface area contributed by atoms with Gasteiger partial charge in [0.05, 0.1) is 18.9 Å². The second kappa shape index (κ2) is 5.09. The van der Waals surface area contributed by atoms with E-state index in [1.807, 2.05) is 0 Å². The molecule has 0 aromatic heterocycles. The highest BCUT2D eigenvalue weighted by atomic mass is 32.2. The number of aromatic hydroxyl groups is 1. The van der Waals surface area contributed by atoms with Crippen LogP contribution in [-0.4, -0.2) is 44.1 Å². The highest BCUT2D eigenvalue weighted by molar-refractivity contribution is 7.90. The second-order valence-corrected chi connectivity index (χ2v) is 5.45. The lowest BCUT2D eigenvalue weighted by Crippen LogP contribution is -2.43. The number of nitrogens with zero attached hydrogens (tertiary/aromatic N) is 1. The van der Waals surface area contributed by atoms with Crippen LogP contribution in [-0.2, 0) is 14.9 Å². The molecule has 1 aliphatic rings. The van der Waals surface area contributed by atoms with Crippen molar-refractivity contribution >= 4 is 15.9 Å². The fourth-order valence-corrected chi connectivity index (χ4v) is 2.78. The van der Waals surface area contributed by atoms with Crippen LogP contribution in [0.5, 0.6) is 5.75 Å². The molecule has 0 aliphatic carbocycles. The van der Waals surface area contributed by atoms with Gasteiger partial charge in [-0.1, -0.05) is 0 Å². The number of benzene rings is 1. The number of anilines is 1. The van der Waals surface area contributed by atoms with Crippen molar-refractivity contribution in [3.63, 3.8) is 0 Å². The van der Waals surface area contributed by atoms with Gasteiger partial charge in [0.25, 0.3) is 0 Å². The molecule has 1 aromatic carbocycles. The smallest absolute Gasteiger partial charge is 0.301 e. The van der Waals surface area contributed by atoms with Gasteiger partial charge in [0.2, 0.25) is 0 Å². The second-order valence-electron chi connectivity index (χ2n) is 3.78. The van der Waals surface area contributed by atoms with E-state index in [0.717, 1.165) is 18.2 Å². The molecule has 1 saturated heterocycles. The van der Waals surface area contributed by atoms with Gasteiger partial charge < -0.3 is 9.84 Å². The predicted molar refractivity (Wildman–Crippen MR) is 63.0 cm³/mol. The zero-order valence-electron chi connectivity index (χ0n) is 9.47. The maximum absolute atomic E-state index is 13.0. The van der Waals surface area contributed by atoms with E-state index >= 15 is 0 Å². The summed E-state index contributed by atoms with van der Waals surface area (Å²) in [6, 6.07) is 3.06. The third-order valence-electron chi connectivity index (χ3n) is 2.51. The SMILES string of the molecule is O=S(=O)(Nc1cc(F)ccc1O)N1CCOCC1. The summed E-state index contributed by atoms with van der Waals surface area (Å²) in [7, 11) is -3.80. The first-order chi connectivity index (χ1) is 8.49. The van der Waals surface area contributed by atoms with Crippen molar-refractivity contribution in [1.29, 1.82) is 0 Å². The highest BCUT2D eigenvalue weighted by Crippen LogP contribution is 2.25. The lowest BCUT2D eigenvalue weighted by molar-refractivity contribution is 0.0733. The molecule has 0 unspecified atom stereocenters. The molecule has 1 heterocycles. The molecule has 2 N–H and O–H groups in total. The molecule has 8 heteroatoms. The lowest BCUT2D eigenvalue weighted by Gasteiger charge is -2.26. The Hall–Kier alpha value is -1.38. The highest BCUT2D eigenvalue weighted by Gasteiger charge is 2.25. The Morgan fingerprint density at radius 2 is 2.00 bits per heavy atom. The van der Waals surface area contributed by atoms with Crippen molar-refractivity contribution in [2.75, 3.05) is 31.0 Å². The average Bonchev–Trinajstić information content (AvgIpc) is 2.35. The van der Waals surface area contributed by atoms with Crippen LogP contribution >= 0.6 is 0 Å². The van der Waals surface area contributed by atoms with Gasteiger partial charge in [-0.15, -0.1) is 0 Å². The van der Waals surface area contributed by atoms with Gasteiger partial charge in [0, 0.05) is 19.2 Å². The Morgan fingerprint density at radius 1 is 1.33 bits per heavy atom. The first-order valence-corrected chi connectivity index (χ1v) is 6.77. The summed E-state index contributed by atoms with van der Waals surface area (Å²) in [5, 5.41) is 9.46. The Labute approximate surface area is 104 Å². The summed E-state index contributed by atoms with van der Waals surface area (Å²) < 4.78 is 45.2. The van der Waals surface area contributed by atoms with Crippen LogP contribution in [0.1, 0.15) is 0 Å². The van der Waals surface area contributed by atoms with E-state index in [0.29, 0.717) is 13.2 Å². The third-order valence-corrected chi connectivity index (χ3v) is 4.03. The minimum atomic E-state index is -3.80. The summed E-state index contributed by atoms with van der Waals surface area (Å²) >= 11 is 0. The van der Waals surface area contributed by atoms with Gasteiger partial charge in [-0.25, -0.2) is 4.39 Å². The Balaban J connectivity index is 2.18. The van der Waals surface area contributed by atoms with Crippen LogP contribution in [0.3, 0.4) is 0 Å². The van der Waals surface area contributed by atoms with Gasteiger partial charge in [0.1, 0.15) is 11.6 Å². The Morgan fingerprint density at radius 3 is 2.67 bits per heavy atom. The summed E-state index contributed by atoms with van der Waals surface area (Å²) in [5.74, 6) is -0.958. The summed E-state index contributed by atoms with van der Waals surface area (Å²) in [6.07, 6.45) is 0. The van der Waals surface area contributed by atoms with E-state index in [4.69, 9.17) is 4.74 Å². The topological polar surface area (TPSA) is 78.9 Å². The van der Waals surface area contributed by atoms with Gasteiger partial charge >= 0.3 is 10.2 Å². The lowest BCUT2D eigenvalue weighted by atomic mass is 10.3. The van der Waals surface area contributed by atoms with E-state index in [1.165, 1.54) is 4.31 Å². The molecule has 0 radical (unpaired) electrons. The maximum Gasteiger partial charge on any atom is 0.301 e. The van der Waals surface area contributed by atoms with Crippen LogP contribution in [0.15, 0.2) is 18.2 Å². The normalized spacial score (nSPS) is 17.6. The van der Waals surface area contributed by atoms with Crippen molar-refractivity contribution in [2.45, 2.75) is 0 Å². The molecule has 1 aliphatic heterocycles. The average molecular weight is 276 g/mol. The Kier molecular flexibility index (Phi) is 3.69. The van der Waals surface area contributed by atoms with E-state index in [2.05, 4.69) is 4.72 Å². The molecule has 0 spiro atoms. The molecule has 100 valence electrons. The number of phenolic OH excluding ortho intramolecular Hbond substituents is 1. The molecule has 0 atom stereocenters. The van der Waals surface area contributed by atoms with Crippen molar-refractivity contribution in [3.05, 3.63) is 24.0 Å². The third kappa shape index (κ3) is 2.89. The fraction of sp³-hybridized carbons (Fsp3) is 0.400. The largest absolute Gasteiger partial charge is 0.506 e. The van der Waals surface area contributed by atoms with Gasteiger partial charge in [0.15, 0.2) is 0 Å². The minimum Gasteiger partial charge on any atom is -0.506 e. The molecule has 1 aromatic rings. The molecule has 0 amide bonds. The van der Waals surface area contributed by atoms with E-state index in [-0.39, 0.29) is 24.5 Å². The van der Waals surface area contributed by atoms with Crippen molar-refractivity contribution < 1.29 is 22.7 Å². The van der Waals surface area contributed by atoms with Crippen LogP contribution in [0, 0.1) is 5.82 Å². The number of rotatable bonds is 3. The maximum atomic E-state index is 13.0. The molecular formula is C10H13FN2O4S. The monoisotopic (exact) mass is 276 g/mol. The first kappa shape index (κ1) is 13.1. The van der Waals surface area contributed by atoms with E-state index < -0.39 is 16.0 Å². The molecule has 1 fully saturated rings. The number of hydrogen-bond acceptors (Lipinski definition) is 4. The molecule has 18 heavy (non-hydrogen) atoms. The van der Waals surface area contributed by atoms with Crippen molar-refractivity contribution in [1.82, 2.24) is 4.31 Å². The molecule has 2 rings (SSSR count). The van der Waals surface area contributed by atoms with Crippen molar-refractivity contribution in [3.8, 4) is 5.75 Å². The minimum absolute atomic E-state index is 0.179. The quantitative estimate of drug-likeness (QED) is 0.789. The molecule has 0 bridgehead atoms. The van der Waals surface area contributed by atoms with Gasteiger partial charge in [-0.05, 0) is 12.1 Å². The first-order valence-electron chi connectivity index (χ1n) is 5.33. The Bertz CT molecular complexity index is 529. The standard InChI is InChI=1S/C10H13FN2O4S/c11-8-1-2-10(14)9(7-8)12-18(15,16)13-3-5-17-6-4-13/h1-2,7,12,14H,3-6H2. The number of nitrogens with one attached hydrogen (secondary N) is 1. The molecule has 6 nitrogen and oxygen atoms in total. The molecular weight excluding hydrogens is 263 g/mol. The van der Waals surface area contributed by atoms with Crippen LogP contribution in [0.4, 0.5) is 10.1 Å². The summed E-state index contributed by atoms with van der Waals surface area (Å²) in [5.41, 5.74) is -0.179. The van der Waals surface area contributed by atoms with Crippen LogP contribution in [0.25, 0.3) is 0 Å². The van der Waals surface area contributed by atoms with E-state index in [9.17, 15) is 17.9 Å². The van der Waals surface area contributed by atoms with E-state index in [1.54, 1.807) is 0 Å². The number of ether oxygens (including phenoxy) is 1. The van der Waals surface area contributed by atoms with Crippen molar-refractivity contribution in [2.24, 2.45) is 0 Å². The number of halogens is 1. The number of morpholine rings is 1. The zero-order valence-corrected chi connectivity index (χ0v) is 10.3. The van der Waals surface area contributed by atoms with Gasteiger partial charge in [-0.2, -0.15) is 12.7 Å².